The number of anilines is 2. The molecule has 158 valence electrons. The van der Waals surface area contributed by atoms with E-state index in [4.69, 9.17) is 28.6 Å². The van der Waals surface area contributed by atoms with E-state index in [0.29, 0.717) is 39.9 Å². The first-order valence-electron chi connectivity index (χ1n) is 9.47. The van der Waals surface area contributed by atoms with Crippen molar-refractivity contribution < 1.29 is 14.3 Å². The Morgan fingerprint density at radius 3 is 2.23 bits per heavy atom. The van der Waals surface area contributed by atoms with Gasteiger partial charge in [-0.25, -0.2) is 0 Å². The number of hydrogen-bond acceptors (Lipinski definition) is 4. The maximum absolute atomic E-state index is 12.5. The first-order valence-corrected chi connectivity index (χ1v) is 10.3. The van der Waals surface area contributed by atoms with E-state index in [1.54, 1.807) is 72.8 Å². The van der Waals surface area contributed by atoms with E-state index in [2.05, 4.69) is 16.0 Å². The minimum absolute atomic E-state index is 0.117. The minimum atomic E-state index is -0.351. The average Bonchev–Trinajstić information content (AvgIpc) is 2.74. The number of carbonyl (C=O) groups excluding carboxylic acids is 2. The van der Waals surface area contributed by atoms with Crippen molar-refractivity contribution in [1.82, 2.24) is 5.32 Å². The summed E-state index contributed by atoms with van der Waals surface area (Å²) < 4.78 is 5.37. The number of halogens is 1. The van der Waals surface area contributed by atoms with Gasteiger partial charge in [-0.2, -0.15) is 0 Å². The highest BCUT2D eigenvalue weighted by atomic mass is 35.5. The molecule has 0 heterocycles. The van der Waals surface area contributed by atoms with Crippen LogP contribution in [0.4, 0.5) is 11.4 Å². The molecule has 31 heavy (non-hydrogen) atoms. The lowest BCUT2D eigenvalue weighted by molar-refractivity contribution is 0.0976. The molecule has 3 aromatic carbocycles. The molecule has 0 atom stereocenters. The van der Waals surface area contributed by atoms with Crippen LogP contribution in [0.5, 0.6) is 5.75 Å². The smallest absolute Gasteiger partial charge is 0.257 e. The van der Waals surface area contributed by atoms with Gasteiger partial charge in [0, 0.05) is 27.5 Å². The molecule has 0 spiro atoms. The molecule has 6 nitrogen and oxygen atoms in total. The molecular weight excluding hydrogens is 434 g/mol. The standard InChI is InChI=1S/C23H20ClN3O3S/c1-2-30-20-11-9-15(10-12-20)21(28)27-23(31)26-18-7-3-5-16(13-18)22(29)25-19-8-4-6-17(24)14-19/h3-14H,2H2,1H3,(H,25,29)(H2,26,27,28,31). The van der Waals surface area contributed by atoms with Gasteiger partial charge in [0.2, 0.25) is 0 Å². The van der Waals surface area contributed by atoms with Gasteiger partial charge < -0.3 is 15.4 Å². The van der Waals surface area contributed by atoms with E-state index in [-0.39, 0.29) is 16.9 Å². The molecule has 0 saturated carbocycles. The van der Waals surface area contributed by atoms with Gasteiger partial charge in [-0.15, -0.1) is 0 Å². The predicted octanol–water partition coefficient (Wildman–Crippen LogP) is 5.12. The lowest BCUT2D eigenvalue weighted by atomic mass is 10.2. The first kappa shape index (κ1) is 22.3. The Morgan fingerprint density at radius 1 is 0.871 bits per heavy atom. The summed E-state index contributed by atoms with van der Waals surface area (Å²) in [5.74, 6) is 0.0401. The van der Waals surface area contributed by atoms with Crippen molar-refractivity contribution in [1.29, 1.82) is 0 Å². The lowest BCUT2D eigenvalue weighted by Gasteiger charge is -2.11. The summed E-state index contributed by atoms with van der Waals surface area (Å²) in [6, 6.07) is 20.4. The number of thiocarbonyl (C=S) groups is 1. The molecule has 0 aliphatic rings. The fraction of sp³-hybridized carbons (Fsp3) is 0.0870. The number of rotatable bonds is 6. The van der Waals surface area contributed by atoms with Gasteiger partial charge in [0.25, 0.3) is 11.8 Å². The molecule has 0 unspecified atom stereocenters. The summed E-state index contributed by atoms with van der Waals surface area (Å²) >= 11 is 11.2. The molecule has 0 aromatic heterocycles. The minimum Gasteiger partial charge on any atom is -0.494 e. The summed E-state index contributed by atoms with van der Waals surface area (Å²) in [6.07, 6.45) is 0. The van der Waals surface area contributed by atoms with Crippen molar-refractivity contribution in [3.63, 3.8) is 0 Å². The molecule has 0 bridgehead atoms. The topological polar surface area (TPSA) is 79.5 Å². The predicted molar refractivity (Wildman–Crippen MR) is 127 cm³/mol. The van der Waals surface area contributed by atoms with E-state index in [0.717, 1.165) is 0 Å². The third kappa shape index (κ3) is 6.53. The maximum atomic E-state index is 12.5. The van der Waals surface area contributed by atoms with E-state index in [1.165, 1.54) is 0 Å². The van der Waals surface area contributed by atoms with Crippen LogP contribution in [0, 0.1) is 0 Å². The molecule has 0 saturated heterocycles. The Balaban J connectivity index is 1.60. The van der Waals surface area contributed by atoms with Gasteiger partial charge in [0.15, 0.2) is 5.11 Å². The van der Waals surface area contributed by atoms with Crippen LogP contribution in [-0.4, -0.2) is 23.5 Å². The SMILES string of the molecule is CCOc1ccc(C(=O)NC(=S)Nc2cccc(C(=O)Nc3cccc(Cl)c3)c2)cc1. The molecule has 0 fully saturated rings. The number of carbonyl (C=O) groups is 2. The Morgan fingerprint density at radius 2 is 1.55 bits per heavy atom. The number of amides is 2. The second-order valence-corrected chi connectivity index (χ2v) is 7.26. The van der Waals surface area contributed by atoms with Crippen molar-refractivity contribution in [2.45, 2.75) is 6.92 Å². The quantitative estimate of drug-likeness (QED) is 0.451. The molecule has 0 aliphatic carbocycles. The molecule has 3 rings (SSSR count). The Labute approximate surface area is 190 Å². The lowest BCUT2D eigenvalue weighted by Crippen LogP contribution is -2.34. The molecule has 0 radical (unpaired) electrons. The third-order valence-corrected chi connectivity index (χ3v) is 4.56. The number of ether oxygens (including phenoxy) is 1. The zero-order valence-corrected chi connectivity index (χ0v) is 18.2. The van der Waals surface area contributed by atoms with E-state index >= 15 is 0 Å². The second-order valence-electron chi connectivity index (χ2n) is 6.41. The van der Waals surface area contributed by atoms with Crippen molar-refractivity contribution in [3.8, 4) is 5.75 Å². The molecule has 3 aromatic rings. The summed E-state index contributed by atoms with van der Waals surface area (Å²) in [4.78, 5) is 24.9. The average molecular weight is 454 g/mol. The second kappa shape index (κ2) is 10.6. The van der Waals surface area contributed by atoms with E-state index < -0.39 is 0 Å². The molecule has 2 amide bonds. The monoisotopic (exact) mass is 453 g/mol. The fourth-order valence-corrected chi connectivity index (χ4v) is 3.12. The van der Waals surface area contributed by atoms with Crippen molar-refractivity contribution >= 4 is 52.1 Å². The van der Waals surface area contributed by atoms with Crippen LogP contribution in [0.3, 0.4) is 0 Å². The normalized spacial score (nSPS) is 10.1. The van der Waals surface area contributed by atoms with Gasteiger partial charge in [-0.1, -0.05) is 23.7 Å². The number of hydrogen-bond donors (Lipinski definition) is 3. The Hall–Kier alpha value is -3.42. The third-order valence-electron chi connectivity index (χ3n) is 4.12. The van der Waals surface area contributed by atoms with Gasteiger partial charge in [0.05, 0.1) is 6.61 Å². The van der Waals surface area contributed by atoms with Gasteiger partial charge in [-0.3, -0.25) is 14.9 Å². The molecule has 8 heteroatoms. The number of nitrogens with one attached hydrogen (secondary N) is 3. The summed E-state index contributed by atoms with van der Waals surface area (Å²) in [5, 5.41) is 8.96. The summed E-state index contributed by atoms with van der Waals surface area (Å²) in [5.41, 5.74) is 2.03. The first-order chi connectivity index (χ1) is 14.9. The molecule has 3 N–H and O–H groups in total. The van der Waals surface area contributed by atoms with Crippen LogP contribution in [0.25, 0.3) is 0 Å². The van der Waals surface area contributed by atoms with Gasteiger partial charge in [-0.05, 0) is 79.8 Å². The summed E-state index contributed by atoms with van der Waals surface area (Å²) in [7, 11) is 0. The van der Waals surface area contributed by atoms with Crippen LogP contribution in [0.1, 0.15) is 27.6 Å². The van der Waals surface area contributed by atoms with Crippen LogP contribution < -0.4 is 20.7 Å². The van der Waals surface area contributed by atoms with Crippen molar-refractivity contribution in [2.24, 2.45) is 0 Å². The largest absolute Gasteiger partial charge is 0.494 e. The van der Waals surface area contributed by atoms with Crippen LogP contribution in [0.2, 0.25) is 5.02 Å². The maximum Gasteiger partial charge on any atom is 0.257 e. The fourth-order valence-electron chi connectivity index (χ4n) is 2.71. The van der Waals surface area contributed by atoms with Crippen molar-refractivity contribution in [2.75, 3.05) is 17.2 Å². The van der Waals surface area contributed by atoms with E-state index in [1.807, 2.05) is 6.92 Å². The number of benzene rings is 3. The highest BCUT2D eigenvalue weighted by molar-refractivity contribution is 7.80. The Kier molecular flexibility index (Phi) is 7.59. The van der Waals surface area contributed by atoms with E-state index in [9.17, 15) is 9.59 Å². The zero-order valence-electron chi connectivity index (χ0n) is 16.6. The van der Waals surface area contributed by atoms with Gasteiger partial charge >= 0.3 is 0 Å². The molecular formula is C23H20ClN3O3S. The highest BCUT2D eigenvalue weighted by Crippen LogP contribution is 2.17. The van der Waals surface area contributed by atoms with Crippen molar-refractivity contribution in [3.05, 3.63) is 88.9 Å². The van der Waals surface area contributed by atoms with Crippen LogP contribution in [0.15, 0.2) is 72.8 Å². The van der Waals surface area contributed by atoms with Gasteiger partial charge in [0.1, 0.15) is 5.75 Å². The van der Waals surface area contributed by atoms with Crippen LogP contribution >= 0.6 is 23.8 Å². The zero-order chi connectivity index (χ0) is 22.2. The molecule has 0 aliphatic heterocycles. The summed E-state index contributed by atoms with van der Waals surface area (Å²) in [6.45, 7) is 2.44. The Bertz CT molecular complexity index is 1100. The van der Waals surface area contributed by atoms with Crippen LogP contribution in [-0.2, 0) is 0 Å². The highest BCUT2D eigenvalue weighted by Gasteiger charge is 2.10.